The lowest BCUT2D eigenvalue weighted by atomic mass is 9.68. The zero-order chi connectivity index (χ0) is 20.8. The lowest BCUT2D eigenvalue weighted by Crippen LogP contribution is -2.67. The number of esters is 1. The van der Waals surface area contributed by atoms with Crippen LogP contribution in [0.1, 0.15) is 38.4 Å². The number of pyridine rings is 1. The van der Waals surface area contributed by atoms with Crippen molar-refractivity contribution in [2.75, 3.05) is 20.2 Å². The van der Waals surface area contributed by atoms with E-state index in [1.165, 1.54) is 6.92 Å². The van der Waals surface area contributed by atoms with Gasteiger partial charge in [0.15, 0.2) is 0 Å². The van der Waals surface area contributed by atoms with Crippen LogP contribution in [0.3, 0.4) is 0 Å². The van der Waals surface area contributed by atoms with Crippen LogP contribution in [0.5, 0.6) is 5.75 Å². The highest BCUT2D eigenvalue weighted by Crippen LogP contribution is 2.46. The van der Waals surface area contributed by atoms with E-state index in [1.54, 1.807) is 20.2 Å². The molecule has 0 radical (unpaired) electrons. The molecular formula is C22H28N2O5. The van der Waals surface area contributed by atoms with Gasteiger partial charge < -0.3 is 19.7 Å². The summed E-state index contributed by atoms with van der Waals surface area (Å²) >= 11 is 0. The fourth-order valence-electron chi connectivity index (χ4n) is 4.99. The molecule has 4 unspecified atom stereocenters. The first-order valence-corrected chi connectivity index (χ1v) is 10.1. The van der Waals surface area contributed by atoms with Crippen LogP contribution in [0.15, 0.2) is 30.5 Å². The minimum atomic E-state index is -1.13. The van der Waals surface area contributed by atoms with Crippen molar-refractivity contribution in [3.63, 3.8) is 0 Å². The average Bonchev–Trinajstić information content (AvgIpc) is 2.71. The van der Waals surface area contributed by atoms with Crippen LogP contribution >= 0.6 is 0 Å². The number of benzene rings is 1. The summed E-state index contributed by atoms with van der Waals surface area (Å²) in [5.74, 6) is 0.316. The standard InChI is InChI=1S/C22H28N2O5/c1-13(25)22(27)12-24-9-7-15(22)10-20(24)21(29-14(2)26)17-6-8-23-19-5-4-16(28-3)11-18(17)19/h4-6,8,11,13,15,20-21,25,27H,7,9-10,12H2,1-3H3/t13?,15?,20-,21+,22?/m1/s1. The smallest absolute Gasteiger partial charge is 0.303 e. The molecule has 1 aromatic heterocycles. The Bertz CT molecular complexity index is 917. The Morgan fingerprint density at radius 3 is 2.79 bits per heavy atom. The molecule has 3 saturated heterocycles. The van der Waals surface area contributed by atoms with Gasteiger partial charge in [-0.3, -0.25) is 14.7 Å². The van der Waals surface area contributed by atoms with Crippen molar-refractivity contribution in [1.29, 1.82) is 0 Å². The van der Waals surface area contributed by atoms with Gasteiger partial charge in [0.25, 0.3) is 0 Å². The van der Waals surface area contributed by atoms with E-state index in [1.807, 2.05) is 24.3 Å². The normalized spacial score (nSPS) is 30.7. The van der Waals surface area contributed by atoms with E-state index >= 15 is 0 Å². The molecule has 0 saturated carbocycles. The number of carbonyl (C=O) groups excluding carboxylic acids is 1. The predicted octanol–water partition coefficient (Wildman–Crippen LogP) is 2.05. The van der Waals surface area contributed by atoms with Crippen molar-refractivity contribution in [2.24, 2.45) is 5.92 Å². The lowest BCUT2D eigenvalue weighted by molar-refractivity contribution is -0.199. The largest absolute Gasteiger partial charge is 0.497 e. The number of methoxy groups -OCH3 is 1. The number of fused-ring (bicyclic) bond motifs is 4. The third-order valence-corrected chi connectivity index (χ3v) is 6.58. The predicted molar refractivity (Wildman–Crippen MR) is 108 cm³/mol. The first kappa shape index (κ1) is 20.1. The number of nitrogens with zero attached hydrogens (tertiary/aromatic N) is 2. The maximum atomic E-state index is 12.0. The summed E-state index contributed by atoms with van der Waals surface area (Å²) in [5, 5.41) is 22.0. The molecule has 7 heteroatoms. The van der Waals surface area contributed by atoms with Crippen LogP contribution in [-0.2, 0) is 9.53 Å². The number of hydrogen-bond acceptors (Lipinski definition) is 7. The number of carbonyl (C=O) groups is 1. The van der Waals surface area contributed by atoms with Crippen LogP contribution < -0.4 is 4.74 Å². The summed E-state index contributed by atoms with van der Waals surface area (Å²) in [6, 6.07) is 7.47. The van der Waals surface area contributed by atoms with Gasteiger partial charge >= 0.3 is 5.97 Å². The second-order valence-corrected chi connectivity index (χ2v) is 8.24. The van der Waals surface area contributed by atoms with E-state index in [0.29, 0.717) is 18.7 Å². The number of piperidine rings is 3. The molecule has 3 fully saturated rings. The van der Waals surface area contributed by atoms with Crippen molar-refractivity contribution < 1.29 is 24.5 Å². The molecular weight excluding hydrogens is 372 g/mol. The summed E-state index contributed by atoms with van der Waals surface area (Å²) in [5.41, 5.74) is 0.554. The summed E-state index contributed by atoms with van der Waals surface area (Å²) in [6.07, 6.45) is 1.88. The number of hydrogen-bond donors (Lipinski definition) is 2. The monoisotopic (exact) mass is 400 g/mol. The number of aromatic nitrogens is 1. The Morgan fingerprint density at radius 1 is 1.38 bits per heavy atom. The van der Waals surface area contributed by atoms with Gasteiger partial charge in [0.1, 0.15) is 17.5 Å². The molecule has 0 amide bonds. The van der Waals surface area contributed by atoms with E-state index in [-0.39, 0.29) is 17.9 Å². The van der Waals surface area contributed by atoms with Crippen LogP contribution in [-0.4, -0.2) is 64.0 Å². The Kier molecular flexibility index (Phi) is 5.23. The van der Waals surface area contributed by atoms with E-state index in [9.17, 15) is 15.0 Å². The third-order valence-electron chi connectivity index (χ3n) is 6.58. The van der Waals surface area contributed by atoms with Crippen molar-refractivity contribution in [3.8, 4) is 5.75 Å². The molecule has 0 spiro atoms. The second kappa shape index (κ2) is 7.55. The topological polar surface area (TPSA) is 92.1 Å². The van der Waals surface area contributed by atoms with Crippen molar-refractivity contribution >= 4 is 16.9 Å². The van der Waals surface area contributed by atoms with Crippen molar-refractivity contribution in [3.05, 3.63) is 36.0 Å². The molecule has 6 atom stereocenters. The number of aliphatic hydroxyl groups excluding tert-OH is 1. The minimum absolute atomic E-state index is 0.0433. The molecule has 156 valence electrons. The number of aliphatic hydroxyl groups is 2. The maximum Gasteiger partial charge on any atom is 0.303 e. The number of ether oxygens (including phenoxy) is 2. The molecule has 2 aromatic rings. The summed E-state index contributed by atoms with van der Waals surface area (Å²) < 4.78 is 11.2. The molecule has 4 heterocycles. The molecule has 2 N–H and O–H groups in total. The summed E-state index contributed by atoms with van der Waals surface area (Å²) in [4.78, 5) is 18.6. The zero-order valence-corrected chi connectivity index (χ0v) is 17.0. The Balaban J connectivity index is 1.76. The van der Waals surface area contributed by atoms with E-state index in [2.05, 4.69) is 9.88 Å². The van der Waals surface area contributed by atoms with Gasteiger partial charge in [-0.25, -0.2) is 0 Å². The molecule has 29 heavy (non-hydrogen) atoms. The van der Waals surface area contributed by atoms with Gasteiger partial charge in [-0.15, -0.1) is 0 Å². The van der Waals surface area contributed by atoms with Crippen LogP contribution in [0.4, 0.5) is 0 Å². The Morgan fingerprint density at radius 2 is 2.17 bits per heavy atom. The quantitative estimate of drug-likeness (QED) is 0.742. The van der Waals surface area contributed by atoms with Gasteiger partial charge in [0.05, 0.1) is 24.8 Å². The van der Waals surface area contributed by atoms with Gasteiger partial charge in [0.2, 0.25) is 0 Å². The molecule has 2 bridgehead atoms. The molecule has 0 aliphatic carbocycles. The molecule has 3 aliphatic rings. The minimum Gasteiger partial charge on any atom is -0.497 e. The second-order valence-electron chi connectivity index (χ2n) is 8.24. The maximum absolute atomic E-state index is 12.0. The van der Waals surface area contributed by atoms with Gasteiger partial charge in [-0.05, 0) is 56.5 Å². The van der Waals surface area contributed by atoms with Crippen molar-refractivity contribution in [1.82, 2.24) is 9.88 Å². The first-order valence-electron chi connectivity index (χ1n) is 10.1. The Labute approximate surface area is 170 Å². The highest BCUT2D eigenvalue weighted by atomic mass is 16.5. The SMILES string of the molecule is COc1ccc2nccc([C@H](OC(C)=O)[C@H]3CC4CCN3CC4(O)C(C)O)c2c1. The number of rotatable bonds is 5. The molecule has 7 nitrogen and oxygen atoms in total. The molecule has 3 aliphatic heterocycles. The lowest BCUT2D eigenvalue weighted by Gasteiger charge is -2.56. The zero-order valence-electron chi connectivity index (χ0n) is 17.0. The summed E-state index contributed by atoms with van der Waals surface area (Å²) in [7, 11) is 1.61. The highest BCUT2D eigenvalue weighted by Gasteiger charge is 2.54. The first-order chi connectivity index (χ1) is 13.8. The summed E-state index contributed by atoms with van der Waals surface area (Å²) in [6.45, 7) is 4.22. The van der Waals surface area contributed by atoms with Crippen LogP contribution in [0, 0.1) is 5.92 Å². The molecule has 5 rings (SSSR count). The molecule has 1 aromatic carbocycles. The van der Waals surface area contributed by atoms with Crippen LogP contribution in [0.25, 0.3) is 10.9 Å². The fraction of sp³-hybridized carbons (Fsp3) is 0.545. The fourth-order valence-corrected chi connectivity index (χ4v) is 4.99. The van der Waals surface area contributed by atoms with Gasteiger partial charge in [0, 0.05) is 30.6 Å². The van der Waals surface area contributed by atoms with Crippen LogP contribution in [0.2, 0.25) is 0 Å². The van der Waals surface area contributed by atoms with E-state index < -0.39 is 17.8 Å². The van der Waals surface area contributed by atoms with E-state index in [4.69, 9.17) is 9.47 Å². The van der Waals surface area contributed by atoms with Gasteiger partial charge in [-0.1, -0.05) is 0 Å². The Hall–Kier alpha value is -2.22. The third kappa shape index (κ3) is 3.47. The van der Waals surface area contributed by atoms with Gasteiger partial charge in [-0.2, -0.15) is 0 Å². The highest BCUT2D eigenvalue weighted by molar-refractivity contribution is 5.84. The van der Waals surface area contributed by atoms with Crippen molar-refractivity contribution in [2.45, 2.75) is 50.5 Å². The average molecular weight is 400 g/mol. The van der Waals surface area contributed by atoms with E-state index in [0.717, 1.165) is 29.4 Å².